The normalized spacial score (nSPS) is 16.6. The van der Waals surface area contributed by atoms with E-state index < -0.39 is 10.0 Å². The number of carbonyl (C=O) groups excluding carboxylic acids is 1. The maximum Gasteiger partial charge on any atom is 0.321 e. The Kier molecular flexibility index (Phi) is 5.61. The molecule has 0 unspecified atom stereocenters. The fourth-order valence-electron chi connectivity index (χ4n) is 2.77. The quantitative estimate of drug-likeness (QED) is 0.859. The maximum absolute atomic E-state index is 12.2. The van der Waals surface area contributed by atoms with Gasteiger partial charge in [0.15, 0.2) is 0 Å². The summed E-state index contributed by atoms with van der Waals surface area (Å²) in [7, 11) is 0.408. The molecule has 2 rings (SSSR count). The van der Waals surface area contributed by atoms with Gasteiger partial charge in [0.2, 0.25) is 10.0 Å². The number of amides is 2. The van der Waals surface area contributed by atoms with Crippen LogP contribution >= 0.6 is 0 Å². The van der Waals surface area contributed by atoms with E-state index in [-0.39, 0.29) is 10.9 Å². The van der Waals surface area contributed by atoms with E-state index in [2.05, 4.69) is 24.3 Å². The number of likely N-dealkylation sites (tertiary alicyclic amines) is 1. The van der Waals surface area contributed by atoms with Gasteiger partial charge in [-0.2, -0.15) is 0 Å². The Morgan fingerprint density at radius 2 is 1.83 bits per heavy atom. The first-order chi connectivity index (χ1) is 10.8. The third-order valence-corrected chi connectivity index (χ3v) is 4.89. The Hall–Kier alpha value is -1.64. The molecule has 2 amide bonds. The van der Waals surface area contributed by atoms with Gasteiger partial charge < -0.3 is 15.1 Å². The first-order valence-corrected chi connectivity index (χ1v) is 9.14. The molecule has 0 aromatic heterocycles. The number of nitrogens with zero attached hydrogens (tertiary/aromatic N) is 2. The average molecular weight is 340 g/mol. The van der Waals surface area contributed by atoms with Crippen molar-refractivity contribution >= 4 is 21.7 Å². The van der Waals surface area contributed by atoms with Crippen molar-refractivity contribution in [2.24, 2.45) is 11.1 Å². The van der Waals surface area contributed by atoms with Crippen molar-refractivity contribution in [1.29, 1.82) is 0 Å². The van der Waals surface area contributed by atoms with E-state index in [9.17, 15) is 13.2 Å². The van der Waals surface area contributed by atoms with Gasteiger partial charge in [-0.25, -0.2) is 18.4 Å². The fraction of sp³-hybridized carbons (Fsp3) is 0.533. The van der Waals surface area contributed by atoms with Crippen molar-refractivity contribution in [2.75, 3.05) is 39.0 Å². The molecule has 1 saturated heterocycles. The standard InChI is InChI=1S/C15H24N4O3S/c1-18(2)11-12-7-9-19(10-8-12)15(20)17-13-3-5-14(6-4-13)23(16,21)22/h3-6,12H,7-11H2,1-2H3,(H,17,20)(H2,16,21,22). The number of nitrogens with two attached hydrogens (primary N) is 1. The maximum atomic E-state index is 12.2. The lowest BCUT2D eigenvalue weighted by Gasteiger charge is -2.33. The topological polar surface area (TPSA) is 95.7 Å². The Morgan fingerprint density at radius 3 is 2.30 bits per heavy atom. The zero-order valence-electron chi connectivity index (χ0n) is 13.5. The minimum absolute atomic E-state index is 0.0278. The van der Waals surface area contributed by atoms with Crippen molar-refractivity contribution in [3.8, 4) is 0 Å². The first kappa shape index (κ1) is 17.7. The van der Waals surface area contributed by atoms with E-state index in [1.54, 1.807) is 4.90 Å². The molecule has 7 nitrogen and oxygen atoms in total. The van der Waals surface area contributed by atoms with Gasteiger partial charge >= 0.3 is 6.03 Å². The monoisotopic (exact) mass is 340 g/mol. The Balaban J connectivity index is 1.88. The van der Waals surface area contributed by atoms with Gasteiger partial charge in [0.1, 0.15) is 0 Å². The van der Waals surface area contributed by atoms with Crippen LogP contribution in [0.2, 0.25) is 0 Å². The number of nitrogens with one attached hydrogen (secondary N) is 1. The number of benzene rings is 1. The highest BCUT2D eigenvalue weighted by molar-refractivity contribution is 7.89. The molecule has 0 spiro atoms. The third kappa shape index (κ3) is 5.19. The van der Waals surface area contributed by atoms with E-state index in [0.717, 1.165) is 32.5 Å². The van der Waals surface area contributed by atoms with Crippen LogP contribution in [0.3, 0.4) is 0 Å². The molecule has 3 N–H and O–H groups in total. The van der Waals surface area contributed by atoms with Crippen molar-refractivity contribution in [2.45, 2.75) is 17.7 Å². The van der Waals surface area contributed by atoms with Crippen LogP contribution in [0.4, 0.5) is 10.5 Å². The molecule has 128 valence electrons. The number of urea groups is 1. The predicted octanol–water partition coefficient (Wildman–Crippen LogP) is 1.14. The minimum Gasteiger partial charge on any atom is -0.325 e. The Labute approximate surface area is 137 Å². The third-order valence-electron chi connectivity index (χ3n) is 3.96. The predicted molar refractivity (Wildman–Crippen MR) is 89.7 cm³/mol. The van der Waals surface area contributed by atoms with Crippen molar-refractivity contribution in [3.63, 3.8) is 0 Å². The van der Waals surface area contributed by atoms with Crippen LogP contribution in [0, 0.1) is 5.92 Å². The SMILES string of the molecule is CN(C)CC1CCN(C(=O)Nc2ccc(S(N)(=O)=O)cc2)CC1. The zero-order valence-corrected chi connectivity index (χ0v) is 14.3. The summed E-state index contributed by atoms with van der Waals surface area (Å²) in [5, 5.41) is 7.83. The van der Waals surface area contributed by atoms with E-state index >= 15 is 0 Å². The van der Waals surface area contributed by atoms with Gasteiger partial charge in [-0.1, -0.05) is 0 Å². The van der Waals surface area contributed by atoms with E-state index in [1.165, 1.54) is 24.3 Å². The molecule has 1 fully saturated rings. The number of primary sulfonamides is 1. The minimum atomic E-state index is -3.71. The highest BCUT2D eigenvalue weighted by atomic mass is 32.2. The number of sulfonamides is 1. The number of carbonyl (C=O) groups is 1. The second-order valence-corrected chi connectivity index (χ2v) is 7.75. The van der Waals surface area contributed by atoms with Crippen LogP contribution in [0.1, 0.15) is 12.8 Å². The van der Waals surface area contributed by atoms with Gasteiger partial charge in [0.25, 0.3) is 0 Å². The summed E-state index contributed by atoms with van der Waals surface area (Å²) >= 11 is 0. The van der Waals surface area contributed by atoms with Crippen molar-refractivity contribution in [3.05, 3.63) is 24.3 Å². The molecule has 0 atom stereocenters. The smallest absolute Gasteiger partial charge is 0.321 e. The highest BCUT2D eigenvalue weighted by Gasteiger charge is 2.23. The molecular weight excluding hydrogens is 316 g/mol. The molecule has 1 aliphatic heterocycles. The Morgan fingerprint density at radius 1 is 1.26 bits per heavy atom. The largest absolute Gasteiger partial charge is 0.325 e. The molecule has 8 heteroatoms. The van der Waals surface area contributed by atoms with Crippen LogP contribution in [0.15, 0.2) is 29.2 Å². The molecule has 0 saturated carbocycles. The molecule has 0 radical (unpaired) electrons. The lowest BCUT2D eigenvalue weighted by atomic mass is 9.97. The van der Waals surface area contributed by atoms with Gasteiger partial charge in [-0.3, -0.25) is 0 Å². The number of hydrogen-bond acceptors (Lipinski definition) is 4. The molecular formula is C15H24N4O3S. The summed E-state index contributed by atoms with van der Waals surface area (Å²) in [6.07, 6.45) is 1.99. The lowest BCUT2D eigenvalue weighted by Crippen LogP contribution is -2.42. The summed E-state index contributed by atoms with van der Waals surface area (Å²) in [5.74, 6) is 0.628. The second kappa shape index (κ2) is 7.29. The molecule has 1 aromatic rings. The summed E-state index contributed by atoms with van der Waals surface area (Å²) in [4.78, 5) is 16.2. The Bertz CT molecular complexity index is 635. The van der Waals surface area contributed by atoms with E-state index in [4.69, 9.17) is 5.14 Å². The van der Waals surface area contributed by atoms with Crippen LogP contribution in [0.25, 0.3) is 0 Å². The molecule has 23 heavy (non-hydrogen) atoms. The van der Waals surface area contributed by atoms with E-state index in [0.29, 0.717) is 11.6 Å². The first-order valence-electron chi connectivity index (χ1n) is 7.59. The van der Waals surface area contributed by atoms with Crippen LogP contribution < -0.4 is 10.5 Å². The van der Waals surface area contributed by atoms with Gasteiger partial charge in [0, 0.05) is 25.3 Å². The molecule has 0 aliphatic carbocycles. The lowest BCUT2D eigenvalue weighted by molar-refractivity contribution is 0.170. The van der Waals surface area contributed by atoms with Gasteiger partial charge in [0.05, 0.1) is 4.90 Å². The second-order valence-electron chi connectivity index (χ2n) is 6.19. The van der Waals surface area contributed by atoms with E-state index in [1.807, 2.05) is 0 Å². The zero-order chi connectivity index (χ0) is 17.0. The van der Waals surface area contributed by atoms with Crippen molar-refractivity contribution < 1.29 is 13.2 Å². The van der Waals surface area contributed by atoms with Crippen LogP contribution in [0.5, 0.6) is 0 Å². The number of rotatable bonds is 4. The average Bonchev–Trinajstić information content (AvgIpc) is 2.47. The molecule has 0 bridgehead atoms. The number of piperidine rings is 1. The summed E-state index contributed by atoms with van der Waals surface area (Å²) in [6, 6.07) is 5.69. The van der Waals surface area contributed by atoms with Crippen molar-refractivity contribution in [1.82, 2.24) is 9.80 Å². The number of hydrogen-bond donors (Lipinski definition) is 2. The number of anilines is 1. The molecule has 1 aromatic carbocycles. The highest BCUT2D eigenvalue weighted by Crippen LogP contribution is 2.19. The summed E-state index contributed by atoms with van der Waals surface area (Å²) < 4.78 is 22.4. The van der Waals surface area contributed by atoms with Gasteiger partial charge in [-0.15, -0.1) is 0 Å². The van der Waals surface area contributed by atoms with Crippen LogP contribution in [-0.4, -0.2) is 58.0 Å². The molecule has 1 aliphatic rings. The summed E-state index contributed by atoms with van der Waals surface area (Å²) in [5.41, 5.74) is 0.554. The van der Waals surface area contributed by atoms with Crippen LogP contribution in [-0.2, 0) is 10.0 Å². The summed E-state index contributed by atoms with van der Waals surface area (Å²) in [6.45, 7) is 2.52. The fourth-order valence-corrected chi connectivity index (χ4v) is 3.28. The van der Waals surface area contributed by atoms with Gasteiger partial charge in [-0.05, 0) is 57.1 Å². The molecule has 1 heterocycles.